The highest BCUT2D eigenvalue weighted by atomic mass is 35.5. The number of methoxy groups -OCH3 is 1. The largest absolute Gasteiger partial charge is 0.463 e. The van der Waals surface area contributed by atoms with Crippen LogP contribution in [0.15, 0.2) is 18.7 Å². The lowest BCUT2D eigenvalue weighted by molar-refractivity contribution is 0.00465. The molecule has 2 aromatic rings. The van der Waals surface area contributed by atoms with Crippen molar-refractivity contribution in [1.29, 1.82) is 0 Å². The minimum Gasteiger partial charge on any atom is -0.463 e. The third-order valence-corrected chi connectivity index (χ3v) is 2.97. The van der Waals surface area contributed by atoms with Crippen LogP contribution in [0.5, 0.6) is 6.01 Å². The second kappa shape index (κ2) is 6.15. The third kappa shape index (κ3) is 3.88. The van der Waals surface area contributed by atoms with Gasteiger partial charge in [-0.3, -0.25) is 4.57 Å². The van der Waals surface area contributed by atoms with Crippen molar-refractivity contribution in [2.24, 2.45) is 0 Å². The van der Waals surface area contributed by atoms with E-state index in [4.69, 9.17) is 21.1 Å². The molecule has 0 aromatic carbocycles. The molecular formula is C12H16ClN5O2. The van der Waals surface area contributed by atoms with Gasteiger partial charge in [0, 0.05) is 25.9 Å². The summed E-state index contributed by atoms with van der Waals surface area (Å²) >= 11 is 5.86. The molecule has 0 saturated heterocycles. The standard InChI is InChI=1S/C12H16ClN5O2/c1-12(2,19-3)4-7-20-11-16-9(13)15-10(17-11)18-6-5-14-8-18/h5-6,8H,4,7H2,1-3H3. The van der Waals surface area contributed by atoms with Crippen LogP contribution in [0.2, 0.25) is 5.28 Å². The Kier molecular flexibility index (Phi) is 4.51. The van der Waals surface area contributed by atoms with Gasteiger partial charge in [-0.15, -0.1) is 0 Å². The molecular weight excluding hydrogens is 282 g/mol. The summed E-state index contributed by atoms with van der Waals surface area (Å²) in [5.74, 6) is 0.364. The van der Waals surface area contributed by atoms with Crippen molar-refractivity contribution in [3.63, 3.8) is 0 Å². The van der Waals surface area contributed by atoms with Gasteiger partial charge in [-0.2, -0.15) is 15.0 Å². The molecule has 0 fully saturated rings. The molecule has 0 aliphatic heterocycles. The van der Waals surface area contributed by atoms with E-state index in [1.165, 1.54) is 0 Å². The normalized spacial score (nSPS) is 11.6. The molecule has 2 rings (SSSR count). The average Bonchev–Trinajstić information content (AvgIpc) is 2.92. The molecule has 0 bridgehead atoms. The number of aromatic nitrogens is 5. The summed E-state index contributed by atoms with van der Waals surface area (Å²) in [4.78, 5) is 16.0. The lowest BCUT2D eigenvalue weighted by Gasteiger charge is -2.22. The zero-order valence-corrected chi connectivity index (χ0v) is 12.3. The Morgan fingerprint density at radius 3 is 2.75 bits per heavy atom. The second-order valence-electron chi connectivity index (χ2n) is 4.72. The van der Waals surface area contributed by atoms with Crippen LogP contribution in [0.1, 0.15) is 20.3 Å². The first-order valence-corrected chi connectivity index (χ1v) is 6.46. The van der Waals surface area contributed by atoms with Gasteiger partial charge in [0.1, 0.15) is 6.33 Å². The molecule has 20 heavy (non-hydrogen) atoms. The van der Waals surface area contributed by atoms with E-state index in [9.17, 15) is 0 Å². The highest BCUT2D eigenvalue weighted by molar-refractivity contribution is 6.28. The van der Waals surface area contributed by atoms with E-state index in [1.807, 2.05) is 13.8 Å². The zero-order chi connectivity index (χ0) is 14.6. The molecule has 0 spiro atoms. The van der Waals surface area contributed by atoms with E-state index in [-0.39, 0.29) is 16.9 Å². The fraction of sp³-hybridized carbons (Fsp3) is 0.500. The molecule has 8 heteroatoms. The van der Waals surface area contributed by atoms with Crippen LogP contribution in [0.3, 0.4) is 0 Å². The van der Waals surface area contributed by atoms with Crippen molar-refractivity contribution in [3.8, 4) is 12.0 Å². The molecule has 0 unspecified atom stereocenters. The highest BCUT2D eigenvalue weighted by Crippen LogP contribution is 2.15. The van der Waals surface area contributed by atoms with Crippen molar-refractivity contribution in [2.75, 3.05) is 13.7 Å². The maximum absolute atomic E-state index is 5.86. The van der Waals surface area contributed by atoms with Crippen LogP contribution in [-0.4, -0.2) is 43.8 Å². The van der Waals surface area contributed by atoms with Crippen LogP contribution in [-0.2, 0) is 4.74 Å². The smallest absolute Gasteiger partial charge is 0.322 e. The Bertz CT molecular complexity index is 559. The van der Waals surface area contributed by atoms with Crippen molar-refractivity contribution < 1.29 is 9.47 Å². The van der Waals surface area contributed by atoms with E-state index in [2.05, 4.69) is 19.9 Å². The zero-order valence-electron chi connectivity index (χ0n) is 11.6. The molecule has 2 heterocycles. The number of hydrogen-bond acceptors (Lipinski definition) is 6. The summed E-state index contributed by atoms with van der Waals surface area (Å²) in [5.41, 5.74) is -0.260. The molecule has 2 aromatic heterocycles. The van der Waals surface area contributed by atoms with Gasteiger partial charge in [-0.1, -0.05) is 0 Å². The Labute approximate surface area is 122 Å². The predicted octanol–water partition coefficient (Wildman–Crippen LogP) is 1.90. The quantitative estimate of drug-likeness (QED) is 0.810. The first kappa shape index (κ1) is 14.7. The van der Waals surface area contributed by atoms with Gasteiger partial charge in [0.25, 0.3) is 0 Å². The summed E-state index contributed by atoms with van der Waals surface area (Å²) in [7, 11) is 1.66. The van der Waals surface area contributed by atoms with E-state index in [0.29, 0.717) is 19.0 Å². The molecule has 0 aliphatic rings. The van der Waals surface area contributed by atoms with Gasteiger partial charge in [-0.25, -0.2) is 4.98 Å². The summed E-state index contributed by atoms with van der Waals surface area (Å²) in [6, 6.07) is 0.181. The fourth-order valence-corrected chi connectivity index (χ4v) is 1.52. The van der Waals surface area contributed by atoms with Crippen LogP contribution >= 0.6 is 11.6 Å². The van der Waals surface area contributed by atoms with Crippen LogP contribution in [0.4, 0.5) is 0 Å². The van der Waals surface area contributed by atoms with E-state index in [0.717, 1.165) is 0 Å². The topological polar surface area (TPSA) is 75.0 Å². The molecule has 108 valence electrons. The molecule has 0 atom stereocenters. The lowest BCUT2D eigenvalue weighted by atomic mass is 10.1. The summed E-state index contributed by atoms with van der Waals surface area (Å²) < 4.78 is 12.4. The predicted molar refractivity (Wildman–Crippen MR) is 73.2 cm³/mol. The molecule has 7 nitrogen and oxygen atoms in total. The second-order valence-corrected chi connectivity index (χ2v) is 5.06. The van der Waals surface area contributed by atoms with Crippen molar-refractivity contribution in [3.05, 3.63) is 24.0 Å². The minimum absolute atomic E-state index is 0.0738. The lowest BCUT2D eigenvalue weighted by Crippen LogP contribution is -2.25. The number of halogens is 1. The van der Waals surface area contributed by atoms with Gasteiger partial charge in [0.05, 0.1) is 12.2 Å². The van der Waals surface area contributed by atoms with E-state index < -0.39 is 0 Å². The molecule has 0 radical (unpaired) electrons. The van der Waals surface area contributed by atoms with Crippen molar-refractivity contribution in [1.82, 2.24) is 24.5 Å². The Morgan fingerprint density at radius 2 is 2.10 bits per heavy atom. The van der Waals surface area contributed by atoms with Gasteiger partial charge < -0.3 is 9.47 Å². The fourth-order valence-electron chi connectivity index (χ4n) is 1.37. The monoisotopic (exact) mass is 297 g/mol. The maximum Gasteiger partial charge on any atom is 0.322 e. The van der Waals surface area contributed by atoms with Crippen molar-refractivity contribution in [2.45, 2.75) is 25.9 Å². The number of imidazole rings is 1. The van der Waals surface area contributed by atoms with Gasteiger partial charge in [0.2, 0.25) is 11.2 Å². The molecule has 0 saturated carbocycles. The molecule has 0 N–H and O–H groups in total. The number of hydrogen-bond donors (Lipinski definition) is 0. The Morgan fingerprint density at radius 1 is 1.30 bits per heavy atom. The van der Waals surface area contributed by atoms with E-state index >= 15 is 0 Å². The summed E-state index contributed by atoms with van der Waals surface area (Å²) in [5, 5.41) is 0.0738. The molecule has 0 aliphatic carbocycles. The Hall–Kier alpha value is -1.73. The summed E-state index contributed by atoms with van der Waals surface area (Å²) in [6.45, 7) is 4.38. The third-order valence-electron chi connectivity index (χ3n) is 2.80. The maximum atomic E-state index is 5.86. The number of rotatable bonds is 6. The minimum atomic E-state index is -0.260. The van der Waals surface area contributed by atoms with Crippen molar-refractivity contribution >= 4 is 11.6 Å². The van der Waals surface area contributed by atoms with Crippen LogP contribution in [0, 0.1) is 0 Å². The van der Waals surface area contributed by atoms with Gasteiger partial charge in [-0.05, 0) is 25.4 Å². The van der Waals surface area contributed by atoms with E-state index in [1.54, 1.807) is 30.4 Å². The summed E-state index contributed by atoms with van der Waals surface area (Å²) in [6.07, 6.45) is 5.61. The SMILES string of the molecule is COC(C)(C)CCOc1nc(Cl)nc(-n2ccnc2)n1. The Balaban J connectivity index is 2.05. The molecule has 0 amide bonds. The van der Waals surface area contributed by atoms with Crippen LogP contribution in [0.25, 0.3) is 5.95 Å². The van der Waals surface area contributed by atoms with Gasteiger partial charge in [0.15, 0.2) is 0 Å². The number of nitrogens with zero attached hydrogens (tertiary/aromatic N) is 5. The first-order valence-electron chi connectivity index (χ1n) is 6.08. The van der Waals surface area contributed by atoms with Crippen LogP contribution < -0.4 is 4.74 Å². The first-order chi connectivity index (χ1) is 9.50. The highest BCUT2D eigenvalue weighted by Gasteiger charge is 2.17. The van der Waals surface area contributed by atoms with Gasteiger partial charge >= 0.3 is 6.01 Å². The average molecular weight is 298 g/mol. The number of ether oxygens (including phenoxy) is 2.